The molecule has 148 valence electrons. The number of benzene rings is 2. The average molecular weight is 394 g/mol. The van der Waals surface area contributed by atoms with E-state index in [-0.39, 0.29) is 12.4 Å². The van der Waals surface area contributed by atoms with Crippen LogP contribution in [0, 0.1) is 0 Å². The minimum Gasteiger partial charge on any atom is -0.496 e. The molecule has 0 unspecified atom stereocenters. The molecule has 0 bridgehead atoms. The molecule has 4 amide bonds. The van der Waals surface area contributed by atoms with Crippen LogP contribution < -0.4 is 24.4 Å². The second kappa shape index (κ2) is 7.31. The highest BCUT2D eigenvalue weighted by Crippen LogP contribution is 2.39. The summed E-state index contributed by atoms with van der Waals surface area (Å²) in [6, 6.07) is 9.44. The Morgan fingerprint density at radius 1 is 1.10 bits per heavy atom. The van der Waals surface area contributed by atoms with E-state index in [4.69, 9.17) is 14.2 Å². The van der Waals surface area contributed by atoms with Crippen molar-refractivity contribution in [1.82, 2.24) is 5.32 Å². The van der Waals surface area contributed by atoms with Crippen molar-refractivity contribution in [3.05, 3.63) is 53.1 Å². The topological polar surface area (TPSA) is 94.2 Å². The number of imide groups is 2. The van der Waals surface area contributed by atoms with Gasteiger partial charge in [0.2, 0.25) is 6.79 Å². The van der Waals surface area contributed by atoms with Gasteiger partial charge in [0.15, 0.2) is 11.5 Å². The summed E-state index contributed by atoms with van der Waals surface area (Å²) in [5.74, 6) is -0.109. The molecule has 2 aliphatic heterocycles. The first kappa shape index (κ1) is 18.5. The van der Waals surface area contributed by atoms with Gasteiger partial charge in [-0.1, -0.05) is 19.1 Å². The summed E-state index contributed by atoms with van der Waals surface area (Å²) in [6.07, 6.45) is 2.20. The first-order chi connectivity index (χ1) is 14.0. The van der Waals surface area contributed by atoms with Gasteiger partial charge in [0.1, 0.15) is 11.3 Å². The molecule has 2 aromatic rings. The summed E-state index contributed by atoms with van der Waals surface area (Å²) >= 11 is 0. The molecule has 4 rings (SSSR count). The molecule has 1 N–H and O–H groups in total. The molecular formula is C21H18N2O6. The number of nitrogens with one attached hydrogen (secondary N) is 1. The molecule has 0 atom stereocenters. The van der Waals surface area contributed by atoms with Gasteiger partial charge in [0, 0.05) is 11.6 Å². The van der Waals surface area contributed by atoms with Crippen LogP contribution in [-0.4, -0.2) is 31.7 Å². The highest BCUT2D eigenvalue weighted by Gasteiger charge is 2.37. The fourth-order valence-electron chi connectivity index (χ4n) is 3.16. The summed E-state index contributed by atoms with van der Waals surface area (Å²) < 4.78 is 16.0. The quantitative estimate of drug-likeness (QED) is 0.633. The Kier molecular flexibility index (Phi) is 4.67. The monoisotopic (exact) mass is 394 g/mol. The number of barbiturate groups is 1. The van der Waals surface area contributed by atoms with E-state index in [1.54, 1.807) is 24.3 Å². The van der Waals surface area contributed by atoms with E-state index in [9.17, 15) is 14.4 Å². The number of nitrogens with zero attached hydrogens (tertiary/aromatic N) is 1. The third kappa shape index (κ3) is 3.29. The lowest BCUT2D eigenvalue weighted by molar-refractivity contribution is -0.122. The van der Waals surface area contributed by atoms with Crippen LogP contribution in [0.5, 0.6) is 17.2 Å². The number of methoxy groups -OCH3 is 1. The lowest BCUT2D eigenvalue weighted by Gasteiger charge is -2.26. The number of hydrogen-bond donors (Lipinski definition) is 1. The number of carbonyl (C=O) groups excluding carboxylic acids is 3. The molecule has 8 nitrogen and oxygen atoms in total. The highest BCUT2D eigenvalue weighted by molar-refractivity contribution is 6.39. The maximum absolute atomic E-state index is 13.0. The van der Waals surface area contributed by atoms with E-state index >= 15 is 0 Å². The number of amides is 4. The Balaban J connectivity index is 1.74. The van der Waals surface area contributed by atoms with Crippen LogP contribution in [0.15, 0.2) is 42.0 Å². The van der Waals surface area contributed by atoms with Crippen LogP contribution in [-0.2, 0) is 16.0 Å². The number of urea groups is 1. The molecule has 8 heteroatoms. The summed E-state index contributed by atoms with van der Waals surface area (Å²) in [6.45, 7) is 2.08. The van der Waals surface area contributed by atoms with E-state index in [1.807, 2.05) is 19.1 Å². The molecule has 0 spiro atoms. The van der Waals surface area contributed by atoms with Crippen molar-refractivity contribution in [2.45, 2.75) is 13.3 Å². The lowest BCUT2D eigenvalue weighted by Crippen LogP contribution is -2.54. The standard InChI is InChI=1S/C21H18N2O6/c1-3-12-4-6-14(7-5-12)23-20(25)15(19(24)22-21(23)26)8-13-9-17-18(29-11-28-17)10-16(13)27-2/h4-10H,3,11H2,1-2H3,(H,22,24,26)/b15-8-. The van der Waals surface area contributed by atoms with Crippen molar-refractivity contribution in [1.29, 1.82) is 0 Å². The second-order valence-electron chi connectivity index (χ2n) is 6.43. The van der Waals surface area contributed by atoms with Gasteiger partial charge in [-0.15, -0.1) is 0 Å². The Morgan fingerprint density at radius 3 is 2.45 bits per heavy atom. The maximum Gasteiger partial charge on any atom is 0.335 e. The average Bonchev–Trinajstić information content (AvgIpc) is 3.18. The van der Waals surface area contributed by atoms with Gasteiger partial charge in [0.25, 0.3) is 11.8 Å². The van der Waals surface area contributed by atoms with E-state index in [1.165, 1.54) is 13.2 Å². The summed E-state index contributed by atoms with van der Waals surface area (Å²) in [5, 5.41) is 2.21. The molecule has 1 saturated heterocycles. The minimum atomic E-state index is -0.793. The van der Waals surface area contributed by atoms with Crippen LogP contribution in [0.2, 0.25) is 0 Å². The van der Waals surface area contributed by atoms with Gasteiger partial charge < -0.3 is 14.2 Å². The van der Waals surface area contributed by atoms with Gasteiger partial charge in [-0.05, 0) is 36.3 Å². The van der Waals surface area contributed by atoms with Crippen molar-refractivity contribution in [2.75, 3.05) is 18.8 Å². The number of fused-ring (bicyclic) bond motifs is 1. The van der Waals surface area contributed by atoms with Crippen molar-refractivity contribution in [2.24, 2.45) is 0 Å². The van der Waals surface area contributed by atoms with E-state index < -0.39 is 17.8 Å². The van der Waals surface area contributed by atoms with Gasteiger partial charge in [0.05, 0.1) is 12.8 Å². The molecular weight excluding hydrogens is 376 g/mol. The second-order valence-corrected chi connectivity index (χ2v) is 6.43. The molecule has 2 aliphatic rings. The fourth-order valence-corrected chi connectivity index (χ4v) is 3.16. The molecule has 0 radical (unpaired) electrons. The molecule has 0 saturated carbocycles. The predicted octanol–water partition coefficient (Wildman–Crippen LogP) is 2.65. The van der Waals surface area contributed by atoms with Crippen LogP contribution in [0.4, 0.5) is 10.5 Å². The number of aryl methyl sites for hydroxylation is 1. The first-order valence-corrected chi connectivity index (χ1v) is 9.00. The SMILES string of the molecule is CCc1ccc(N2C(=O)NC(=O)/C(=C/c3cc4c(cc3OC)OCO4)C2=O)cc1. The zero-order valence-corrected chi connectivity index (χ0v) is 15.9. The van der Waals surface area contributed by atoms with Crippen molar-refractivity contribution in [3.63, 3.8) is 0 Å². The van der Waals surface area contributed by atoms with Crippen LogP contribution >= 0.6 is 0 Å². The van der Waals surface area contributed by atoms with Crippen LogP contribution in [0.3, 0.4) is 0 Å². The van der Waals surface area contributed by atoms with Crippen molar-refractivity contribution in [3.8, 4) is 17.2 Å². The Morgan fingerprint density at radius 2 is 1.79 bits per heavy atom. The van der Waals surface area contributed by atoms with E-state index in [2.05, 4.69) is 5.32 Å². The van der Waals surface area contributed by atoms with Gasteiger partial charge in [-0.25, -0.2) is 9.69 Å². The minimum absolute atomic E-state index is 0.0773. The van der Waals surface area contributed by atoms with Gasteiger partial charge in [-0.2, -0.15) is 0 Å². The molecule has 0 aromatic heterocycles. The smallest absolute Gasteiger partial charge is 0.335 e. The Labute approximate surface area is 166 Å². The zero-order valence-electron chi connectivity index (χ0n) is 15.9. The Hall–Kier alpha value is -3.81. The molecule has 1 fully saturated rings. The fraction of sp³-hybridized carbons (Fsp3) is 0.190. The highest BCUT2D eigenvalue weighted by atomic mass is 16.7. The number of carbonyl (C=O) groups is 3. The molecule has 2 aromatic carbocycles. The third-order valence-corrected chi connectivity index (χ3v) is 4.73. The molecule has 2 heterocycles. The van der Waals surface area contributed by atoms with E-state index in [0.29, 0.717) is 28.5 Å². The van der Waals surface area contributed by atoms with Crippen LogP contribution in [0.1, 0.15) is 18.1 Å². The number of anilines is 1. The van der Waals surface area contributed by atoms with Crippen molar-refractivity contribution >= 4 is 29.6 Å². The van der Waals surface area contributed by atoms with Gasteiger partial charge >= 0.3 is 6.03 Å². The molecule has 0 aliphatic carbocycles. The number of rotatable bonds is 4. The van der Waals surface area contributed by atoms with Crippen molar-refractivity contribution < 1.29 is 28.6 Å². The summed E-state index contributed by atoms with van der Waals surface area (Å²) in [4.78, 5) is 38.7. The predicted molar refractivity (Wildman–Crippen MR) is 104 cm³/mol. The normalized spacial score (nSPS) is 17.0. The summed E-state index contributed by atoms with van der Waals surface area (Å²) in [7, 11) is 1.47. The van der Waals surface area contributed by atoms with E-state index in [0.717, 1.165) is 16.9 Å². The zero-order chi connectivity index (χ0) is 20.5. The van der Waals surface area contributed by atoms with Gasteiger partial charge in [-0.3, -0.25) is 14.9 Å². The third-order valence-electron chi connectivity index (χ3n) is 4.73. The maximum atomic E-state index is 13.0. The lowest BCUT2D eigenvalue weighted by atomic mass is 10.0. The summed E-state index contributed by atoms with van der Waals surface area (Å²) in [5.41, 5.74) is 1.70. The largest absolute Gasteiger partial charge is 0.496 e. The number of hydrogen-bond acceptors (Lipinski definition) is 6. The Bertz CT molecular complexity index is 1040. The van der Waals surface area contributed by atoms with Crippen LogP contribution in [0.25, 0.3) is 6.08 Å². The first-order valence-electron chi connectivity index (χ1n) is 9.00. The number of ether oxygens (including phenoxy) is 3. The molecule has 29 heavy (non-hydrogen) atoms.